The number of hydrogen-bond donors (Lipinski definition) is 2. The molecule has 0 spiro atoms. The van der Waals surface area contributed by atoms with E-state index in [-0.39, 0.29) is 29.4 Å². The fourth-order valence-corrected chi connectivity index (χ4v) is 3.99. The summed E-state index contributed by atoms with van der Waals surface area (Å²) in [5, 5.41) is 12.6. The maximum absolute atomic E-state index is 12.5. The number of carboxylic acids is 1. The molecule has 4 rings (SSSR count). The first-order chi connectivity index (χ1) is 13.0. The number of rotatable bonds is 4. The molecule has 2 N–H and O–H groups in total. The first-order valence-electron chi connectivity index (χ1n) is 8.83. The van der Waals surface area contributed by atoms with Crippen molar-refractivity contribution >= 4 is 11.7 Å². The van der Waals surface area contributed by atoms with Crippen LogP contribution in [0.2, 0.25) is 0 Å². The second kappa shape index (κ2) is 7.15. The van der Waals surface area contributed by atoms with Crippen LogP contribution in [0.15, 0.2) is 42.5 Å². The van der Waals surface area contributed by atoms with E-state index in [2.05, 4.69) is 10.1 Å². The molecule has 27 heavy (non-hydrogen) atoms. The molecule has 1 saturated heterocycles. The lowest BCUT2D eigenvalue weighted by atomic mass is 9.77. The minimum Gasteiger partial charge on any atom is -0.478 e. The Kier molecular flexibility index (Phi) is 4.70. The molecule has 7 heteroatoms. The van der Waals surface area contributed by atoms with E-state index in [9.17, 15) is 13.6 Å². The monoisotopic (exact) mass is 375 g/mol. The van der Waals surface area contributed by atoms with Gasteiger partial charge in [0.15, 0.2) is 0 Å². The third-order valence-electron chi connectivity index (χ3n) is 5.18. The minimum atomic E-state index is -2.87. The van der Waals surface area contributed by atoms with Crippen LogP contribution in [0.1, 0.15) is 46.5 Å². The van der Waals surface area contributed by atoms with Gasteiger partial charge in [-0.1, -0.05) is 12.1 Å². The second-order valence-electron chi connectivity index (χ2n) is 6.77. The van der Waals surface area contributed by atoms with Crippen LogP contribution >= 0.6 is 0 Å². The summed E-state index contributed by atoms with van der Waals surface area (Å²) in [5.41, 5.74) is 2.84. The highest BCUT2D eigenvalue weighted by Crippen LogP contribution is 2.49. The molecule has 2 aromatic carbocycles. The highest BCUT2D eigenvalue weighted by Gasteiger charge is 2.40. The van der Waals surface area contributed by atoms with Gasteiger partial charge in [-0.15, -0.1) is 0 Å². The van der Waals surface area contributed by atoms with Crippen molar-refractivity contribution in [1.29, 1.82) is 0 Å². The maximum atomic E-state index is 12.5. The lowest BCUT2D eigenvalue weighted by Gasteiger charge is -2.43. The average molecular weight is 375 g/mol. The Morgan fingerprint density at radius 2 is 2.00 bits per heavy atom. The molecular formula is C20H19F2NO4. The molecule has 0 radical (unpaired) electrons. The maximum Gasteiger partial charge on any atom is 0.387 e. The van der Waals surface area contributed by atoms with Crippen molar-refractivity contribution < 1.29 is 28.2 Å². The summed E-state index contributed by atoms with van der Waals surface area (Å²) < 4.78 is 35.6. The number of aromatic carboxylic acids is 1. The number of hydrogen-bond acceptors (Lipinski definition) is 4. The van der Waals surface area contributed by atoms with Crippen molar-refractivity contribution in [1.82, 2.24) is 0 Å². The van der Waals surface area contributed by atoms with Gasteiger partial charge >= 0.3 is 12.6 Å². The Balaban J connectivity index is 1.68. The molecule has 0 amide bonds. The highest BCUT2D eigenvalue weighted by atomic mass is 19.3. The Hall–Kier alpha value is -2.67. The predicted octanol–water partition coefficient (Wildman–Crippen LogP) is 4.62. The molecule has 142 valence electrons. The number of nitrogens with one attached hydrogen (secondary N) is 1. The van der Waals surface area contributed by atoms with Gasteiger partial charge in [-0.3, -0.25) is 0 Å². The molecule has 2 aromatic rings. The van der Waals surface area contributed by atoms with Crippen LogP contribution in [0.4, 0.5) is 14.5 Å². The smallest absolute Gasteiger partial charge is 0.387 e. The normalized spacial score (nSPS) is 23.9. The second-order valence-corrected chi connectivity index (χ2v) is 6.77. The van der Waals surface area contributed by atoms with Gasteiger partial charge in [-0.25, -0.2) is 4.79 Å². The van der Waals surface area contributed by atoms with E-state index in [1.54, 1.807) is 24.3 Å². The summed E-state index contributed by atoms with van der Waals surface area (Å²) in [6.07, 6.45) is 1.61. The number of ether oxygens (including phenoxy) is 2. The minimum absolute atomic E-state index is 0.0486. The molecule has 0 saturated carbocycles. The standard InChI is InChI=1S/C20H19F2NO4/c21-20(22)27-13-7-8-16-15(10-13)18-14(2-1-9-26-18)17(23-16)11-3-5-12(6-4-11)19(24)25/h3-8,10,14,17-18,20,23H,1-2,9H2,(H,24,25)/t14-,17-,18-/m1/s1. The van der Waals surface area contributed by atoms with Gasteiger partial charge in [0.25, 0.3) is 0 Å². The number of carbonyl (C=O) groups is 1. The fraction of sp³-hybridized carbons (Fsp3) is 0.350. The van der Waals surface area contributed by atoms with Gasteiger partial charge in [-0.2, -0.15) is 8.78 Å². The van der Waals surface area contributed by atoms with E-state index < -0.39 is 12.6 Å². The zero-order valence-electron chi connectivity index (χ0n) is 14.4. The van der Waals surface area contributed by atoms with E-state index >= 15 is 0 Å². The third-order valence-corrected chi connectivity index (χ3v) is 5.18. The van der Waals surface area contributed by atoms with Crippen molar-refractivity contribution in [3.63, 3.8) is 0 Å². The van der Waals surface area contributed by atoms with Crippen molar-refractivity contribution in [2.75, 3.05) is 11.9 Å². The zero-order valence-corrected chi connectivity index (χ0v) is 14.4. The van der Waals surface area contributed by atoms with E-state index in [1.165, 1.54) is 6.07 Å². The van der Waals surface area contributed by atoms with Gasteiger partial charge in [0.1, 0.15) is 5.75 Å². The summed E-state index contributed by atoms with van der Waals surface area (Å²) in [4.78, 5) is 11.1. The molecular weight excluding hydrogens is 356 g/mol. The van der Waals surface area contributed by atoms with Gasteiger partial charge in [0.05, 0.1) is 17.7 Å². The van der Waals surface area contributed by atoms with Crippen molar-refractivity contribution in [3.8, 4) is 5.75 Å². The van der Waals surface area contributed by atoms with Crippen molar-refractivity contribution in [3.05, 3.63) is 59.2 Å². The summed E-state index contributed by atoms with van der Waals surface area (Å²) in [5.74, 6) is -0.736. The van der Waals surface area contributed by atoms with Gasteiger partial charge in [-0.05, 0) is 48.7 Å². The molecule has 0 aromatic heterocycles. The van der Waals surface area contributed by atoms with Crippen LogP contribution in [0.25, 0.3) is 0 Å². The quantitative estimate of drug-likeness (QED) is 0.816. The summed E-state index contributed by atoms with van der Waals surface area (Å²) >= 11 is 0. The molecule has 0 unspecified atom stereocenters. The molecule has 5 nitrogen and oxygen atoms in total. The summed E-state index contributed by atoms with van der Waals surface area (Å²) in [6, 6.07) is 11.6. The topological polar surface area (TPSA) is 67.8 Å². The van der Waals surface area contributed by atoms with E-state index in [0.717, 1.165) is 29.7 Å². The number of alkyl halides is 2. The first kappa shape index (κ1) is 17.7. The average Bonchev–Trinajstić information content (AvgIpc) is 2.67. The van der Waals surface area contributed by atoms with Crippen LogP contribution in [0, 0.1) is 5.92 Å². The molecule has 1 fully saturated rings. The lowest BCUT2D eigenvalue weighted by molar-refractivity contribution is -0.0516. The van der Waals surface area contributed by atoms with Crippen molar-refractivity contribution in [2.24, 2.45) is 5.92 Å². The van der Waals surface area contributed by atoms with Crippen LogP contribution in [-0.4, -0.2) is 24.3 Å². The van der Waals surface area contributed by atoms with Crippen molar-refractivity contribution in [2.45, 2.75) is 31.6 Å². The van der Waals surface area contributed by atoms with Gasteiger partial charge in [0.2, 0.25) is 0 Å². The van der Waals surface area contributed by atoms with Crippen LogP contribution in [0.3, 0.4) is 0 Å². The van der Waals surface area contributed by atoms with E-state index in [4.69, 9.17) is 9.84 Å². The van der Waals surface area contributed by atoms with Gasteiger partial charge < -0.3 is 19.9 Å². The van der Waals surface area contributed by atoms with Crippen LogP contribution in [0.5, 0.6) is 5.75 Å². The zero-order chi connectivity index (χ0) is 19.0. The first-order valence-corrected chi connectivity index (χ1v) is 8.83. The summed E-state index contributed by atoms with van der Waals surface area (Å²) in [6.45, 7) is -2.26. The van der Waals surface area contributed by atoms with Crippen LogP contribution in [-0.2, 0) is 4.74 Å². The molecule has 2 aliphatic heterocycles. The molecule has 2 heterocycles. The van der Waals surface area contributed by atoms with E-state index in [1.807, 2.05) is 12.1 Å². The predicted molar refractivity (Wildman–Crippen MR) is 94.3 cm³/mol. The molecule has 0 aliphatic carbocycles. The Morgan fingerprint density at radius 3 is 2.70 bits per heavy atom. The number of fused-ring (bicyclic) bond motifs is 3. The fourth-order valence-electron chi connectivity index (χ4n) is 3.99. The molecule has 0 bridgehead atoms. The SMILES string of the molecule is O=C(O)c1ccc([C@H]2Nc3ccc(OC(F)F)cc3[C@@H]3OCCC[C@H]23)cc1. The Bertz CT molecular complexity index is 840. The lowest BCUT2D eigenvalue weighted by Crippen LogP contribution is -2.36. The highest BCUT2D eigenvalue weighted by molar-refractivity contribution is 5.87. The largest absolute Gasteiger partial charge is 0.478 e. The Labute approximate surface area is 154 Å². The van der Waals surface area contributed by atoms with Crippen LogP contribution < -0.4 is 10.1 Å². The third kappa shape index (κ3) is 3.47. The number of carboxylic acid groups (broad SMARTS) is 1. The molecule has 2 aliphatic rings. The Morgan fingerprint density at radius 1 is 1.22 bits per heavy atom. The number of anilines is 1. The molecule has 3 atom stereocenters. The number of halogens is 2. The number of benzene rings is 2. The summed E-state index contributed by atoms with van der Waals surface area (Å²) in [7, 11) is 0. The van der Waals surface area contributed by atoms with Gasteiger partial charge in [0, 0.05) is 23.8 Å². The van der Waals surface area contributed by atoms with E-state index in [0.29, 0.717) is 6.61 Å².